The van der Waals surface area contributed by atoms with Crippen molar-refractivity contribution in [2.45, 2.75) is 0 Å². The minimum Gasteiger partial charge on any atom is -0.515 e. The lowest BCUT2D eigenvalue weighted by molar-refractivity contribution is -0.103. The monoisotopic (exact) mass is 149 g/mol. The molecule has 0 saturated carbocycles. The largest absolute Gasteiger partial charge is 0.515 e. The molecule has 0 unspecified atom stereocenters. The molecule has 1 N–H and O–H groups in total. The fourth-order valence-electron chi connectivity index (χ4n) is 0.717. The lowest BCUT2D eigenvalue weighted by Crippen LogP contribution is -1.85. The fraction of sp³-hybridized carbons (Fsp3) is 0. The first-order valence-electron chi connectivity index (χ1n) is 3.08. The molecule has 1 aromatic heterocycles. The topological polar surface area (TPSA) is 50.2 Å². The maximum absolute atomic E-state index is 10.3. The zero-order valence-corrected chi connectivity index (χ0v) is 5.77. The molecule has 0 amide bonds. The van der Waals surface area contributed by atoms with Crippen molar-refractivity contribution in [1.29, 1.82) is 0 Å². The van der Waals surface area contributed by atoms with Gasteiger partial charge in [-0.15, -0.1) is 0 Å². The first-order chi connectivity index (χ1) is 5.38. The van der Waals surface area contributed by atoms with Crippen molar-refractivity contribution < 1.29 is 9.90 Å². The molecule has 1 heterocycles. The molecular weight excluding hydrogens is 142 g/mol. The Morgan fingerprint density at radius 1 is 1.45 bits per heavy atom. The van der Waals surface area contributed by atoms with Gasteiger partial charge in [0.1, 0.15) is 0 Å². The van der Waals surface area contributed by atoms with Gasteiger partial charge in [0.2, 0.25) is 0 Å². The number of aromatic nitrogens is 1. The molecule has 11 heavy (non-hydrogen) atoms. The van der Waals surface area contributed by atoms with Crippen LogP contribution in [0.25, 0.3) is 5.57 Å². The van der Waals surface area contributed by atoms with Gasteiger partial charge < -0.3 is 5.11 Å². The van der Waals surface area contributed by atoms with E-state index in [0.29, 0.717) is 11.8 Å². The van der Waals surface area contributed by atoms with Gasteiger partial charge in [-0.2, -0.15) is 0 Å². The summed E-state index contributed by atoms with van der Waals surface area (Å²) in [6.07, 6.45) is 4.49. The highest BCUT2D eigenvalue weighted by molar-refractivity contribution is 6.06. The summed E-state index contributed by atoms with van der Waals surface area (Å²) in [6.45, 7) is 0. The molecular formula is C8H7NO2. The molecule has 0 atom stereocenters. The Morgan fingerprint density at radius 3 is 2.55 bits per heavy atom. The van der Waals surface area contributed by atoms with Gasteiger partial charge in [0.05, 0.1) is 11.8 Å². The van der Waals surface area contributed by atoms with E-state index in [1.807, 2.05) is 0 Å². The highest BCUT2D eigenvalue weighted by Gasteiger charge is 1.96. The number of nitrogens with zero attached hydrogens (tertiary/aromatic N) is 1. The van der Waals surface area contributed by atoms with Crippen molar-refractivity contribution in [2.75, 3.05) is 0 Å². The highest BCUT2D eigenvalue weighted by atomic mass is 16.2. The normalized spacial score (nSPS) is 11.1. The number of pyridine rings is 1. The highest BCUT2D eigenvalue weighted by Crippen LogP contribution is 2.08. The molecule has 3 heteroatoms. The number of aliphatic hydroxyl groups is 1. The smallest absolute Gasteiger partial charge is 0.153 e. The molecule has 0 aliphatic carbocycles. The molecule has 0 spiro atoms. The molecule has 0 aliphatic heterocycles. The minimum absolute atomic E-state index is 0.257. The minimum atomic E-state index is 0.257. The van der Waals surface area contributed by atoms with Crippen LogP contribution >= 0.6 is 0 Å². The maximum atomic E-state index is 10.3. The molecule has 56 valence electrons. The summed E-state index contributed by atoms with van der Waals surface area (Å²) in [7, 11) is 0. The number of hydrogen-bond donors (Lipinski definition) is 1. The van der Waals surface area contributed by atoms with Gasteiger partial charge in [-0.25, -0.2) is 0 Å². The Morgan fingerprint density at radius 2 is 2.09 bits per heavy atom. The van der Waals surface area contributed by atoms with Crippen LogP contribution in [0.15, 0.2) is 30.8 Å². The van der Waals surface area contributed by atoms with Crippen LogP contribution in [0.5, 0.6) is 0 Å². The average molecular weight is 149 g/mol. The van der Waals surface area contributed by atoms with Gasteiger partial charge >= 0.3 is 0 Å². The van der Waals surface area contributed by atoms with E-state index in [4.69, 9.17) is 5.11 Å². The van der Waals surface area contributed by atoms with E-state index in [2.05, 4.69) is 4.98 Å². The van der Waals surface area contributed by atoms with Crippen molar-refractivity contribution in [3.05, 3.63) is 36.4 Å². The summed E-state index contributed by atoms with van der Waals surface area (Å²) in [5.74, 6) is 0. The van der Waals surface area contributed by atoms with Crippen molar-refractivity contribution in [3.8, 4) is 0 Å². The van der Waals surface area contributed by atoms with Crippen LogP contribution in [0, 0.1) is 0 Å². The van der Waals surface area contributed by atoms with Gasteiger partial charge in [-0.3, -0.25) is 9.78 Å². The van der Waals surface area contributed by atoms with E-state index in [0.717, 1.165) is 6.26 Å². The van der Waals surface area contributed by atoms with Crippen LogP contribution in [-0.4, -0.2) is 16.4 Å². The molecule has 0 fully saturated rings. The third-order valence-electron chi connectivity index (χ3n) is 1.28. The van der Waals surface area contributed by atoms with Crippen LogP contribution in [0.3, 0.4) is 0 Å². The second-order valence-electron chi connectivity index (χ2n) is 1.94. The van der Waals surface area contributed by atoms with Gasteiger partial charge in [0, 0.05) is 12.4 Å². The second-order valence-corrected chi connectivity index (χ2v) is 1.94. The molecule has 0 saturated heterocycles. The van der Waals surface area contributed by atoms with Crippen molar-refractivity contribution >= 4 is 11.9 Å². The van der Waals surface area contributed by atoms with Gasteiger partial charge in [0.25, 0.3) is 0 Å². The number of carbonyl (C=O) groups excluding carboxylic acids is 1. The molecule has 0 aromatic carbocycles. The first-order valence-corrected chi connectivity index (χ1v) is 3.08. The third-order valence-corrected chi connectivity index (χ3v) is 1.28. The predicted molar refractivity (Wildman–Crippen MR) is 40.9 cm³/mol. The van der Waals surface area contributed by atoms with Crippen molar-refractivity contribution in [1.82, 2.24) is 4.98 Å². The number of hydrogen-bond acceptors (Lipinski definition) is 3. The van der Waals surface area contributed by atoms with E-state index >= 15 is 0 Å². The Hall–Kier alpha value is -1.64. The summed E-state index contributed by atoms with van der Waals surface area (Å²) < 4.78 is 0. The molecule has 0 aliphatic rings. The number of rotatable bonds is 2. The summed E-state index contributed by atoms with van der Waals surface area (Å²) in [4.78, 5) is 14.1. The quantitative estimate of drug-likeness (QED) is 0.390. The zero-order chi connectivity index (χ0) is 8.10. The van der Waals surface area contributed by atoms with Gasteiger partial charge in [0.15, 0.2) is 6.29 Å². The number of carbonyl (C=O) groups is 1. The maximum Gasteiger partial charge on any atom is 0.153 e. The summed E-state index contributed by atoms with van der Waals surface area (Å²) in [6, 6.07) is 3.30. The summed E-state index contributed by atoms with van der Waals surface area (Å²) in [5.41, 5.74) is 0.921. The molecule has 0 bridgehead atoms. The molecule has 3 nitrogen and oxygen atoms in total. The molecule has 1 aromatic rings. The SMILES string of the molecule is O=C/C(=C/O)c1ccncc1. The lowest BCUT2D eigenvalue weighted by Gasteiger charge is -1.94. The van der Waals surface area contributed by atoms with E-state index in [1.54, 1.807) is 24.5 Å². The fourth-order valence-corrected chi connectivity index (χ4v) is 0.717. The summed E-state index contributed by atoms with van der Waals surface area (Å²) in [5, 5.41) is 8.57. The zero-order valence-electron chi connectivity index (χ0n) is 5.77. The number of aldehydes is 1. The van der Waals surface area contributed by atoms with Crippen LogP contribution in [-0.2, 0) is 4.79 Å². The van der Waals surface area contributed by atoms with E-state index in [-0.39, 0.29) is 5.57 Å². The standard InChI is InChI=1S/C8H7NO2/c10-5-8(6-11)7-1-3-9-4-2-7/h1-6,10H/b8-5-. The molecule has 1 rings (SSSR count). The number of allylic oxidation sites excluding steroid dienone is 1. The van der Waals surface area contributed by atoms with Crippen LogP contribution in [0.2, 0.25) is 0 Å². The Kier molecular flexibility index (Phi) is 2.38. The van der Waals surface area contributed by atoms with E-state index in [9.17, 15) is 4.79 Å². The van der Waals surface area contributed by atoms with Crippen LogP contribution in [0.4, 0.5) is 0 Å². The van der Waals surface area contributed by atoms with E-state index < -0.39 is 0 Å². The lowest BCUT2D eigenvalue weighted by atomic mass is 10.1. The van der Waals surface area contributed by atoms with Crippen molar-refractivity contribution in [3.63, 3.8) is 0 Å². The second kappa shape index (κ2) is 3.51. The Balaban J connectivity index is 3.01. The van der Waals surface area contributed by atoms with Gasteiger partial charge in [-0.1, -0.05) is 0 Å². The Bertz CT molecular complexity index is 267. The number of aliphatic hydroxyl groups excluding tert-OH is 1. The molecule has 0 radical (unpaired) electrons. The van der Waals surface area contributed by atoms with E-state index in [1.165, 1.54) is 0 Å². The predicted octanol–water partition coefficient (Wildman–Crippen LogP) is 1.18. The third kappa shape index (κ3) is 1.64. The Labute approximate surface area is 64.0 Å². The van der Waals surface area contributed by atoms with Crippen LogP contribution in [0.1, 0.15) is 5.56 Å². The van der Waals surface area contributed by atoms with Gasteiger partial charge in [-0.05, 0) is 17.7 Å². The van der Waals surface area contributed by atoms with Crippen LogP contribution < -0.4 is 0 Å². The average Bonchev–Trinajstić information content (AvgIpc) is 2.09. The van der Waals surface area contributed by atoms with Crippen molar-refractivity contribution in [2.24, 2.45) is 0 Å². The first kappa shape index (κ1) is 7.47. The summed E-state index contributed by atoms with van der Waals surface area (Å²) >= 11 is 0.